The van der Waals surface area contributed by atoms with Gasteiger partial charge in [0, 0.05) is 16.5 Å². The van der Waals surface area contributed by atoms with E-state index in [1.807, 2.05) is 0 Å². The van der Waals surface area contributed by atoms with E-state index in [1.165, 1.54) is 4.57 Å². The van der Waals surface area contributed by atoms with Crippen LogP contribution in [0.25, 0.3) is 22.3 Å². The molecule has 28 heavy (non-hydrogen) atoms. The zero-order valence-corrected chi connectivity index (χ0v) is 14.9. The fourth-order valence-electron chi connectivity index (χ4n) is 4.00. The highest BCUT2D eigenvalue weighted by Gasteiger charge is 2.34. The third kappa shape index (κ3) is 2.15. The molecule has 2 aliphatic rings. The lowest BCUT2D eigenvalue weighted by molar-refractivity contribution is -0.157. The third-order valence-corrected chi connectivity index (χ3v) is 5.44. The molecule has 1 aromatic carbocycles. The molecule has 0 saturated heterocycles. The molecule has 0 spiro atoms. The molecule has 0 amide bonds. The van der Waals surface area contributed by atoms with Crippen LogP contribution in [0.15, 0.2) is 29.1 Å². The molecule has 1 atom stereocenters. The number of nitrogens with zero attached hydrogens (tertiary/aromatic N) is 2. The van der Waals surface area contributed by atoms with Crippen molar-refractivity contribution in [1.82, 2.24) is 9.55 Å². The number of benzene rings is 1. The van der Waals surface area contributed by atoms with Crippen molar-refractivity contribution in [2.75, 3.05) is 7.11 Å². The molecule has 2 aliphatic heterocycles. The maximum absolute atomic E-state index is 13.0. The largest absolute Gasteiger partial charge is 0.497 e. The number of pyridine rings is 2. The van der Waals surface area contributed by atoms with Gasteiger partial charge >= 0.3 is 5.97 Å². The van der Waals surface area contributed by atoms with Crippen molar-refractivity contribution in [3.63, 3.8) is 0 Å². The predicted molar refractivity (Wildman–Crippen MR) is 97.8 cm³/mol. The maximum Gasteiger partial charge on any atom is 0.340 e. The van der Waals surface area contributed by atoms with Gasteiger partial charge in [-0.3, -0.25) is 4.79 Å². The predicted octanol–water partition coefficient (Wildman–Crippen LogP) is 1.02. The van der Waals surface area contributed by atoms with Gasteiger partial charge in [-0.1, -0.05) is 0 Å². The summed E-state index contributed by atoms with van der Waals surface area (Å²) < 4.78 is 11.7. The number of fused-ring (bicyclic) bond motifs is 5. The number of hydrogen-bond acceptors (Lipinski definition) is 7. The number of carbonyl (C=O) groups excluding carboxylic acids is 1. The summed E-state index contributed by atoms with van der Waals surface area (Å²) in [4.78, 5) is 29.4. The fourth-order valence-corrected chi connectivity index (χ4v) is 4.00. The van der Waals surface area contributed by atoms with Gasteiger partial charge in [-0.05, 0) is 29.8 Å². The van der Waals surface area contributed by atoms with E-state index >= 15 is 0 Å². The van der Waals surface area contributed by atoms with Crippen molar-refractivity contribution >= 4 is 16.9 Å². The fraction of sp³-hybridized carbons (Fsp3) is 0.250. The quantitative estimate of drug-likeness (QED) is 0.500. The van der Waals surface area contributed by atoms with E-state index in [-0.39, 0.29) is 36.4 Å². The van der Waals surface area contributed by atoms with Crippen LogP contribution >= 0.6 is 0 Å². The summed E-state index contributed by atoms with van der Waals surface area (Å²) in [5, 5.41) is 21.0. The van der Waals surface area contributed by atoms with Crippen LogP contribution in [-0.4, -0.2) is 32.8 Å². The number of carbonyl (C=O) groups is 1. The van der Waals surface area contributed by atoms with E-state index in [4.69, 9.17) is 14.5 Å². The summed E-state index contributed by atoms with van der Waals surface area (Å²) in [7, 11) is 1.56. The number of aliphatic hydroxyl groups excluding tert-OH is 2. The normalized spacial score (nSPS) is 17.1. The van der Waals surface area contributed by atoms with Gasteiger partial charge in [-0.15, -0.1) is 0 Å². The van der Waals surface area contributed by atoms with Gasteiger partial charge in [0.1, 0.15) is 12.4 Å². The summed E-state index contributed by atoms with van der Waals surface area (Å²) in [5.41, 5.74) is 3.33. The third-order valence-electron chi connectivity index (χ3n) is 5.44. The molecule has 0 radical (unpaired) electrons. The topological polar surface area (TPSA) is 111 Å². The summed E-state index contributed by atoms with van der Waals surface area (Å²) in [6.07, 6.45) is -1.49. The first-order valence-electron chi connectivity index (χ1n) is 8.75. The van der Waals surface area contributed by atoms with Crippen LogP contribution in [0.2, 0.25) is 0 Å². The summed E-state index contributed by atoms with van der Waals surface area (Å²) in [6, 6.07) is 6.99. The zero-order chi connectivity index (χ0) is 19.6. The van der Waals surface area contributed by atoms with E-state index in [0.29, 0.717) is 28.2 Å². The molecule has 8 heteroatoms. The standard InChI is InChI=1S/C20H16N2O6/c1-27-9-2-3-15-10(4-9)13(7-23)12-6-22-16(17(12)21-15)5-11-14(19(22)25)8-28-20(26)18(11)24/h2-5,18,23-24H,6-8H2,1H3/t18-/m0/s1. The first-order valence-corrected chi connectivity index (χ1v) is 8.75. The van der Waals surface area contributed by atoms with E-state index < -0.39 is 12.1 Å². The highest BCUT2D eigenvalue weighted by atomic mass is 16.5. The monoisotopic (exact) mass is 380 g/mol. The second-order valence-electron chi connectivity index (χ2n) is 6.82. The number of ether oxygens (including phenoxy) is 2. The lowest BCUT2D eigenvalue weighted by Gasteiger charge is -2.21. The van der Waals surface area contributed by atoms with Crippen LogP contribution in [0, 0.1) is 0 Å². The Balaban J connectivity index is 1.80. The van der Waals surface area contributed by atoms with E-state index in [1.54, 1.807) is 31.4 Å². The van der Waals surface area contributed by atoms with Crippen molar-refractivity contribution in [3.05, 3.63) is 56.9 Å². The lowest BCUT2D eigenvalue weighted by atomic mass is 9.99. The molecule has 3 aromatic rings. The molecule has 2 aromatic heterocycles. The SMILES string of the molecule is COc1ccc2nc3c(c(CO)c2c1)Cn1c-3cc2c(c1=O)COC(=O)[C@H]2O. The summed E-state index contributed by atoms with van der Waals surface area (Å²) in [5.74, 6) is -0.129. The molecule has 0 aliphatic carbocycles. The Kier molecular flexibility index (Phi) is 3.55. The Hall–Kier alpha value is -3.23. The van der Waals surface area contributed by atoms with Gasteiger partial charge in [0.25, 0.3) is 5.56 Å². The van der Waals surface area contributed by atoms with Crippen LogP contribution in [-0.2, 0) is 29.3 Å². The first kappa shape index (κ1) is 16.9. The lowest BCUT2D eigenvalue weighted by Crippen LogP contribution is -2.32. The van der Waals surface area contributed by atoms with Crippen molar-refractivity contribution in [3.8, 4) is 17.1 Å². The number of rotatable bonds is 2. The van der Waals surface area contributed by atoms with Gasteiger partial charge in [0.2, 0.25) is 0 Å². The van der Waals surface area contributed by atoms with Gasteiger partial charge in [-0.2, -0.15) is 0 Å². The van der Waals surface area contributed by atoms with Crippen LogP contribution in [0.1, 0.15) is 28.4 Å². The van der Waals surface area contributed by atoms with Crippen molar-refractivity contribution in [1.29, 1.82) is 0 Å². The highest BCUT2D eigenvalue weighted by molar-refractivity contribution is 5.89. The number of aliphatic hydroxyl groups is 2. The minimum atomic E-state index is -1.49. The molecular formula is C20H16N2O6. The van der Waals surface area contributed by atoms with Crippen LogP contribution in [0.4, 0.5) is 0 Å². The van der Waals surface area contributed by atoms with Crippen LogP contribution < -0.4 is 10.3 Å². The smallest absolute Gasteiger partial charge is 0.340 e. The number of methoxy groups -OCH3 is 1. The van der Waals surface area contributed by atoms with Gasteiger partial charge in [-0.25, -0.2) is 9.78 Å². The first-order chi connectivity index (χ1) is 13.5. The average Bonchev–Trinajstić information content (AvgIpc) is 3.07. The maximum atomic E-state index is 13.0. The van der Waals surface area contributed by atoms with E-state index in [9.17, 15) is 19.8 Å². The molecule has 8 nitrogen and oxygen atoms in total. The number of aromatic nitrogens is 2. The number of esters is 1. The van der Waals surface area contributed by atoms with Crippen molar-refractivity contribution in [2.24, 2.45) is 0 Å². The molecule has 142 valence electrons. The van der Waals surface area contributed by atoms with Crippen LogP contribution in [0.3, 0.4) is 0 Å². The Morgan fingerprint density at radius 2 is 2.11 bits per heavy atom. The zero-order valence-electron chi connectivity index (χ0n) is 14.9. The molecular weight excluding hydrogens is 364 g/mol. The Bertz CT molecular complexity index is 1230. The van der Waals surface area contributed by atoms with E-state index in [0.717, 1.165) is 10.9 Å². The van der Waals surface area contributed by atoms with Crippen LogP contribution in [0.5, 0.6) is 5.75 Å². The van der Waals surface area contributed by atoms with Gasteiger partial charge in [0.05, 0.1) is 42.7 Å². The highest BCUT2D eigenvalue weighted by Crippen LogP contribution is 2.38. The molecule has 4 heterocycles. The Morgan fingerprint density at radius 1 is 1.29 bits per heavy atom. The molecule has 0 saturated carbocycles. The number of hydrogen-bond donors (Lipinski definition) is 2. The summed E-state index contributed by atoms with van der Waals surface area (Å²) >= 11 is 0. The summed E-state index contributed by atoms with van der Waals surface area (Å²) in [6.45, 7) is -0.141. The van der Waals surface area contributed by atoms with Crippen molar-refractivity contribution in [2.45, 2.75) is 25.9 Å². The second kappa shape index (κ2) is 5.88. The minimum Gasteiger partial charge on any atom is -0.497 e. The van der Waals surface area contributed by atoms with Crippen molar-refractivity contribution < 1.29 is 24.5 Å². The molecule has 0 fully saturated rings. The van der Waals surface area contributed by atoms with Gasteiger partial charge in [0.15, 0.2) is 6.10 Å². The van der Waals surface area contributed by atoms with E-state index in [2.05, 4.69) is 0 Å². The minimum absolute atomic E-state index is 0.167. The second-order valence-corrected chi connectivity index (χ2v) is 6.82. The van der Waals surface area contributed by atoms with Gasteiger partial charge < -0.3 is 24.3 Å². The molecule has 5 rings (SSSR count). The Morgan fingerprint density at radius 3 is 2.86 bits per heavy atom. The molecule has 0 bridgehead atoms. The Labute approximate surface area is 158 Å². The molecule has 2 N–H and O–H groups in total. The molecule has 0 unspecified atom stereocenters. The number of cyclic esters (lactones) is 1. The average molecular weight is 380 g/mol.